The van der Waals surface area contributed by atoms with E-state index in [4.69, 9.17) is 107 Å². The lowest BCUT2D eigenvalue weighted by atomic mass is 10.0. The number of phenols is 5. The third kappa shape index (κ3) is 22.6. The molecule has 7 aromatic carbocycles. The van der Waals surface area contributed by atoms with Crippen LogP contribution in [0.1, 0.15) is 41.5 Å². The molecule has 7 aromatic rings. The summed E-state index contributed by atoms with van der Waals surface area (Å²) in [6, 6.07) is 34.1. The minimum atomic E-state index is -1.06. The third-order valence-corrected chi connectivity index (χ3v) is 8.64. The van der Waals surface area contributed by atoms with Gasteiger partial charge in [-0.25, -0.2) is 4.79 Å². The number of carbonyl (C=O) groups is 3. The highest BCUT2D eigenvalue weighted by atomic mass is 35.5. The van der Waals surface area contributed by atoms with Gasteiger partial charge in [0.25, 0.3) is 10.5 Å². The number of nitrogens with two attached hydrogens (primary N) is 10. The van der Waals surface area contributed by atoms with Crippen molar-refractivity contribution in [3.8, 4) is 39.9 Å². The summed E-state index contributed by atoms with van der Waals surface area (Å²) in [6.45, 7) is 0. The summed E-state index contributed by atoms with van der Waals surface area (Å²) in [6.07, 6.45) is 0. The Morgan fingerprint density at radius 2 is 0.743 bits per heavy atom. The Morgan fingerprint density at radius 1 is 0.471 bits per heavy atom. The summed E-state index contributed by atoms with van der Waals surface area (Å²) < 4.78 is 21.4. The van der Waals surface area contributed by atoms with E-state index in [1.54, 1.807) is 78.9 Å². The largest absolute Gasteiger partial charge is 0.506 e. The Morgan fingerprint density at radius 3 is 1.01 bits per heavy atom. The fourth-order valence-electron chi connectivity index (χ4n) is 4.60. The molecule has 0 saturated carbocycles. The number of aromatic carboxylic acids is 1. The number of benzene rings is 7. The first-order chi connectivity index (χ1) is 34.3. The van der Waals surface area contributed by atoms with Crippen LogP contribution in [-0.2, 0) is 0 Å². The van der Waals surface area contributed by atoms with Crippen LogP contribution in [-0.4, -0.2) is 58.1 Å². The van der Waals surface area contributed by atoms with Crippen molar-refractivity contribution in [2.75, 3.05) is 57.3 Å². The lowest BCUT2D eigenvalue weighted by Gasteiger charge is -2.06. The molecule has 2 unspecified atom stereocenters. The number of aromatic hydroxyl groups is 5. The van der Waals surface area contributed by atoms with E-state index in [1.807, 2.05) is 0 Å². The summed E-state index contributed by atoms with van der Waals surface area (Å²) >= 11 is 10.4. The number of carboxylic acid groups (broad SMARTS) is 1. The standard InChI is InChI=1S/C12H12N2O2.C8H4Cl2O2.C7H8N2O2.C6H8N2O2.C6H8N2O.C6H8N2.CH4.BH.H4P2.H2/c13-9-3-1-7(5-11(9)15)8-2-4-10(14)12(16)6-8;9-7(11)5-1-2-6(4-3-5)8(10)12;8-4-1-2-6(9)5(3-4)7(10)11;7-3-1-5(9)4(8)2-6(3)10;7-4-1-2-5(8)6(9)3-4;7-5-1-2-6(8)4-3-5;;;1-2;/h1-6,15-16H,13-14H2;1-4H;1-3H,8-9H2,(H,10,11);1-2,9-10H,7-8H2;1-3,9H,7-8H2;1-4H,7-8H2;1H4;1H;1-2H2;1H/i;;;;;;;2*1D;1+2D. The Labute approximate surface area is 426 Å². The van der Waals surface area contributed by atoms with E-state index >= 15 is 0 Å². The number of carbonyl (C=O) groups excluding carboxylic acids is 2. The van der Waals surface area contributed by atoms with Gasteiger partial charge >= 0.3 is 5.97 Å². The molecule has 0 heterocycles. The Kier molecular flexibility index (Phi) is 26.3. The summed E-state index contributed by atoms with van der Waals surface area (Å²) in [5, 5.41) is 53.1. The molecule has 19 nitrogen and oxygen atoms in total. The molecule has 0 bridgehead atoms. The molecule has 374 valence electrons. The molecule has 2 radical (unpaired) electrons. The van der Waals surface area contributed by atoms with Crippen LogP contribution < -0.4 is 57.3 Å². The molecule has 7 rings (SSSR count). The highest BCUT2D eigenvalue weighted by molar-refractivity contribution is 7.92. The fourth-order valence-corrected chi connectivity index (χ4v) is 4.86. The zero-order valence-corrected chi connectivity index (χ0v) is 40.0. The molecule has 0 aliphatic carbocycles. The molecule has 24 heteroatoms. The van der Waals surface area contributed by atoms with Crippen LogP contribution in [0.3, 0.4) is 0 Å². The molecule has 0 fully saturated rings. The number of phenolic OH excluding ortho intramolecular Hbond substituents is 5. The SMILES string of the molecule is C.Nc1cc(O)c(N)cc1O.Nc1ccc(-c2ccc(N)c(O)c2)cc1O.Nc1ccc(N)c(C(=O)O)c1.Nc1ccc(N)c(O)c1.Nc1ccc(N)cc1.O=C(Cl)c1ccc(C(=O)Cl)cc1.[2H]PP.[2H][3H].[2H][B]. The smallest absolute Gasteiger partial charge is 0.337 e. The zero-order valence-electron chi connectivity index (χ0n) is 40.3. The second-order valence-corrected chi connectivity index (χ2v) is 14.0. The molecular formula is C46H59BCl2N10O9P2. The minimum Gasteiger partial charge on any atom is -0.506 e. The van der Waals surface area contributed by atoms with E-state index in [0.29, 0.717) is 39.6 Å². The van der Waals surface area contributed by atoms with Crippen LogP contribution in [0.15, 0.2) is 133 Å². The molecule has 2 atom stereocenters. The van der Waals surface area contributed by atoms with Crippen molar-refractivity contribution in [1.29, 1.82) is 2.61 Å². The van der Waals surface area contributed by atoms with Gasteiger partial charge in [-0.3, -0.25) is 9.59 Å². The van der Waals surface area contributed by atoms with E-state index in [9.17, 15) is 24.6 Å². The summed E-state index contributed by atoms with van der Waals surface area (Å²) in [5.74, 6) is -1.21. The van der Waals surface area contributed by atoms with E-state index in [1.165, 1.54) is 54.6 Å². The summed E-state index contributed by atoms with van der Waals surface area (Å²) in [5.41, 5.74) is 59.6. The molecule has 0 amide bonds. The molecule has 70 heavy (non-hydrogen) atoms. The lowest BCUT2D eigenvalue weighted by molar-refractivity contribution is 0.0697. The maximum atomic E-state index is 10.6. The second kappa shape index (κ2) is 31.8. The first-order valence-electron chi connectivity index (χ1n) is 20.8. The molecule has 0 aliphatic rings. The average Bonchev–Trinajstić information content (AvgIpc) is 3.35. The lowest BCUT2D eigenvalue weighted by Crippen LogP contribution is -2.02. The van der Waals surface area contributed by atoms with Crippen molar-refractivity contribution in [2.24, 2.45) is 0 Å². The predicted molar refractivity (Wildman–Crippen MR) is 299 cm³/mol. The van der Waals surface area contributed by atoms with Crippen LogP contribution in [0.5, 0.6) is 28.7 Å². The van der Waals surface area contributed by atoms with E-state index in [2.05, 4.69) is 17.3 Å². The van der Waals surface area contributed by atoms with Crippen molar-refractivity contribution < 1.29 is 48.0 Å². The quantitative estimate of drug-likeness (QED) is 0.0203. The molecule has 0 spiro atoms. The van der Waals surface area contributed by atoms with Gasteiger partial charge in [-0.2, -0.15) is 0 Å². The molecule has 26 N–H and O–H groups in total. The van der Waals surface area contributed by atoms with E-state index < -0.39 is 16.5 Å². The number of rotatable bonds is 4. The predicted octanol–water partition coefficient (Wildman–Crippen LogP) is 7.48. The highest BCUT2D eigenvalue weighted by Crippen LogP contribution is 2.32. The van der Waals surface area contributed by atoms with Gasteiger partial charge in [0.1, 0.15) is 28.7 Å². The fraction of sp³-hybridized carbons (Fsp3) is 0.0217. The van der Waals surface area contributed by atoms with Gasteiger partial charge in [0.2, 0.25) is 0 Å². The van der Waals surface area contributed by atoms with Gasteiger partial charge in [-0.05, 0) is 139 Å². The number of nitrogen functional groups attached to an aromatic ring is 10. The zero-order chi connectivity index (χ0) is 56.5. The first-order valence-corrected chi connectivity index (χ1v) is 21.8. The van der Waals surface area contributed by atoms with Gasteiger partial charge in [0.15, 0.2) is 0 Å². The Hall–Kier alpha value is -8.15. The number of anilines is 10. The number of halogens is 2. The van der Waals surface area contributed by atoms with Gasteiger partial charge in [0, 0.05) is 69.1 Å². The van der Waals surface area contributed by atoms with Crippen LogP contribution in [0.25, 0.3) is 11.1 Å². The van der Waals surface area contributed by atoms with Gasteiger partial charge in [-0.15, -0.1) is 17.8 Å². The van der Waals surface area contributed by atoms with Crippen molar-refractivity contribution in [2.45, 2.75) is 7.43 Å². The summed E-state index contributed by atoms with van der Waals surface area (Å²) in [4.78, 5) is 31.6. The van der Waals surface area contributed by atoms with Crippen molar-refractivity contribution in [3.63, 3.8) is 0 Å². The minimum absolute atomic E-state index is 0. The van der Waals surface area contributed by atoms with Crippen LogP contribution >= 0.6 is 41.0 Å². The second-order valence-electron chi connectivity index (χ2n) is 13.3. The number of hydrogen-bond donors (Lipinski definition) is 16. The average molecular weight is 1040 g/mol. The van der Waals surface area contributed by atoms with Crippen molar-refractivity contribution in [1.82, 2.24) is 0 Å². The molecule has 0 aromatic heterocycles. The molecule has 0 saturated heterocycles. The Bertz CT molecular complexity index is 2670. The maximum absolute atomic E-state index is 10.6. The van der Waals surface area contributed by atoms with Crippen molar-refractivity contribution in [3.05, 3.63) is 150 Å². The van der Waals surface area contributed by atoms with Crippen molar-refractivity contribution >= 4 is 123 Å². The highest BCUT2D eigenvalue weighted by Gasteiger charge is 2.08. The normalized spacial score (nSPS) is 9.70. The first kappa shape index (κ1) is 58.0. The third-order valence-electron chi connectivity index (χ3n) is 8.21. The summed E-state index contributed by atoms with van der Waals surface area (Å²) in [7, 11) is 6.27. The van der Waals surface area contributed by atoms with Gasteiger partial charge in [-0.1, -0.05) is 19.6 Å². The maximum Gasteiger partial charge on any atom is 0.337 e. The van der Waals surface area contributed by atoms with E-state index in [0.717, 1.165) is 22.5 Å². The van der Waals surface area contributed by atoms with Gasteiger partial charge < -0.3 is 88.0 Å². The van der Waals surface area contributed by atoms with E-state index in [-0.39, 0.29) is 67.7 Å². The Balaban J connectivity index is -0.000000805. The molecule has 0 aliphatic heterocycles. The number of hydrogen-bond acceptors (Lipinski definition) is 18. The van der Waals surface area contributed by atoms with Crippen LogP contribution in [0, 0.1) is 0 Å². The molecular weight excluding hydrogens is 980 g/mol. The monoisotopic (exact) mass is 1040 g/mol. The van der Waals surface area contributed by atoms with Gasteiger partial charge in [0.05, 0.1) is 35.3 Å². The van der Waals surface area contributed by atoms with Crippen LogP contribution in [0.2, 0.25) is 0 Å². The van der Waals surface area contributed by atoms with Crippen LogP contribution in [0.4, 0.5) is 56.9 Å². The number of carboxylic acids is 1. The topological polar surface area (TPSA) is 433 Å².